The van der Waals surface area contributed by atoms with Crippen LogP contribution in [0.25, 0.3) is 0 Å². The third kappa shape index (κ3) is 3.16. The van der Waals surface area contributed by atoms with Crippen LogP contribution in [0.4, 0.5) is 4.79 Å². The van der Waals surface area contributed by atoms with Crippen molar-refractivity contribution < 1.29 is 31.7 Å². The first-order chi connectivity index (χ1) is 10.2. The minimum Gasteiger partial charge on any atom is -0.458 e. The molecule has 1 heterocycles. The molecule has 0 radical (unpaired) electrons. The van der Waals surface area contributed by atoms with E-state index in [-0.39, 0.29) is 6.42 Å². The van der Waals surface area contributed by atoms with Crippen molar-refractivity contribution in [3.05, 3.63) is 0 Å². The summed E-state index contributed by atoms with van der Waals surface area (Å²) in [6.45, 7) is 9.80. The summed E-state index contributed by atoms with van der Waals surface area (Å²) < 4.78 is 40.2. The molecular weight excluding hydrogens is 326 g/mol. The Kier molecular flexibility index (Phi) is 3.97. The highest BCUT2D eigenvalue weighted by Gasteiger charge is 2.72. The van der Waals surface area contributed by atoms with Gasteiger partial charge in [-0.25, -0.2) is 13.8 Å². The summed E-state index contributed by atoms with van der Waals surface area (Å²) in [5.41, 5.74) is -3.41. The fourth-order valence-corrected chi connectivity index (χ4v) is 4.06. The Morgan fingerprint density at radius 3 is 2.00 bits per heavy atom. The van der Waals surface area contributed by atoms with Gasteiger partial charge in [0.25, 0.3) is 0 Å². The van der Waals surface area contributed by atoms with Gasteiger partial charge in [-0.05, 0) is 54.4 Å². The number of nitrogens with zero attached hydrogens (tertiary/aromatic N) is 1. The molecule has 132 valence electrons. The maximum absolute atomic E-state index is 12.6. The molecule has 0 aromatic carbocycles. The van der Waals surface area contributed by atoms with Crippen LogP contribution in [0.2, 0.25) is 0 Å². The highest BCUT2D eigenvalue weighted by atomic mass is 32.2. The van der Waals surface area contributed by atoms with Crippen LogP contribution >= 0.6 is 0 Å². The fourth-order valence-electron chi connectivity index (χ4n) is 2.53. The van der Waals surface area contributed by atoms with Gasteiger partial charge in [0, 0.05) is 0 Å². The first kappa shape index (κ1) is 18.0. The third-order valence-electron chi connectivity index (χ3n) is 3.46. The number of hydrogen-bond acceptors (Lipinski definition) is 7. The lowest BCUT2D eigenvalue weighted by molar-refractivity contribution is -0.176. The molecule has 1 aliphatic carbocycles. The number of esters is 1. The van der Waals surface area contributed by atoms with Crippen molar-refractivity contribution in [2.75, 3.05) is 0 Å². The van der Waals surface area contributed by atoms with Crippen molar-refractivity contribution in [3.8, 4) is 0 Å². The Balaban J connectivity index is 2.40. The molecule has 9 heteroatoms. The summed E-state index contributed by atoms with van der Waals surface area (Å²) in [5.74, 6) is -0.798. The van der Waals surface area contributed by atoms with Gasteiger partial charge in [-0.2, -0.15) is 12.7 Å². The van der Waals surface area contributed by atoms with Crippen molar-refractivity contribution in [3.63, 3.8) is 0 Å². The predicted molar refractivity (Wildman–Crippen MR) is 79.7 cm³/mol. The zero-order chi connectivity index (χ0) is 17.8. The molecule has 2 aliphatic rings. The molecule has 2 fully saturated rings. The fraction of sp³-hybridized carbons (Fsp3) is 0.857. The number of amides is 1. The molecule has 2 unspecified atom stereocenters. The molecule has 23 heavy (non-hydrogen) atoms. The molecule has 1 aliphatic heterocycles. The monoisotopic (exact) mass is 349 g/mol. The lowest BCUT2D eigenvalue weighted by Gasteiger charge is -2.43. The summed E-state index contributed by atoms with van der Waals surface area (Å²) >= 11 is 0. The summed E-state index contributed by atoms with van der Waals surface area (Å²) in [7, 11) is -4.40. The lowest BCUT2D eigenvalue weighted by Crippen LogP contribution is -2.66. The second-order valence-electron chi connectivity index (χ2n) is 7.75. The Labute approximate surface area is 136 Å². The van der Waals surface area contributed by atoms with Crippen LogP contribution in [0.15, 0.2) is 0 Å². The smallest absolute Gasteiger partial charge is 0.427 e. The molecule has 2 rings (SSSR count). The second kappa shape index (κ2) is 5.07. The van der Waals surface area contributed by atoms with E-state index >= 15 is 0 Å². The van der Waals surface area contributed by atoms with E-state index < -0.39 is 45.2 Å². The molecule has 0 aromatic heterocycles. The highest BCUT2D eigenvalue weighted by Crippen LogP contribution is 2.50. The normalized spacial score (nSPS) is 29.5. The van der Waals surface area contributed by atoms with Crippen LogP contribution in [0.5, 0.6) is 0 Å². The van der Waals surface area contributed by atoms with Crippen LogP contribution in [-0.2, 0) is 28.8 Å². The van der Waals surface area contributed by atoms with Gasteiger partial charge in [0.05, 0.1) is 0 Å². The van der Waals surface area contributed by atoms with Crippen LogP contribution in [-0.4, -0.2) is 47.6 Å². The van der Waals surface area contributed by atoms with Crippen LogP contribution in [0, 0.1) is 0 Å². The molecule has 2 atom stereocenters. The van der Waals surface area contributed by atoms with Crippen molar-refractivity contribution >= 4 is 22.4 Å². The Morgan fingerprint density at radius 2 is 1.61 bits per heavy atom. The highest BCUT2D eigenvalue weighted by molar-refractivity contribution is 7.85. The van der Waals surface area contributed by atoms with Crippen LogP contribution in [0.3, 0.4) is 0 Å². The van der Waals surface area contributed by atoms with E-state index in [1.165, 1.54) is 0 Å². The van der Waals surface area contributed by atoms with E-state index in [9.17, 15) is 18.0 Å². The number of rotatable bonds is 1. The topological polar surface area (TPSA) is 99.2 Å². The van der Waals surface area contributed by atoms with E-state index in [0.29, 0.717) is 10.7 Å². The Bertz CT molecular complexity index is 628. The van der Waals surface area contributed by atoms with Crippen molar-refractivity contribution in [2.45, 2.75) is 77.2 Å². The summed E-state index contributed by atoms with van der Waals surface area (Å²) in [5, 5.41) is 0. The molecule has 1 amide bonds. The van der Waals surface area contributed by atoms with Gasteiger partial charge in [0.1, 0.15) is 17.3 Å². The molecule has 0 bridgehead atoms. The van der Waals surface area contributed by atoms with E-state index in [1.54, 1.807) is 41.5 Å². The Hall–Kier alpha value is -1.35. The molecule has 0 spiro atoms. The first-order valence-corrected chi connectivity index (χ1v) is 8.76. The molecule has 0 N–H and O–H groups in total. The largest absolute Gasteiger partial charge is 0.458 e. The predicted octanol–water partition coefficient (Wildman–Crippen LogP) is 1.74. The first-order valence-electron chi connectivity index (χ1n) is 7.39. The number of carbonyl (C=O) groups excluding carboxylic acids is 2. The second-order valence-corrected chi connectivity index (χ2v) is 9.17. The summed E-state index contributed by atoms with van der Waals surface area (Å²) in [4.78, 5) is 25.0. The number of carbonyl (C=O) groups is 2. The maximum atomic E-state index is 12.6. The summed E-state index contributed by atoms with van der Waals surface area (Å²) in [6, 6.07) is 0. The minimum absolute atomic E-state index is 0.144. The van der Waals surface area contributed by atoms with E-state index in [4.69, 9.17) is 13.7 Å². The molecule has 1 saturated carbocycles. The summed E-state index contributed by atoms with van der Waals surface area (Å²) in [6.07, 6.45) is -1.58. The van der Waals surface area contributed by atoms with Gasteiger partial charge in [0.2, 0.25) is 0 Å². The number of fused-ring (bicyclic) bond motifs is 1. The third-order valence-corrected chi connectivity index (χ3v) is 4.85. The lowest BCUT2D eigenvalue weighted by atomic mass is 9.73. The van der Waals surface area contributed by atoms with Gasteiger partial charge < -0.3 is 9.47 Å². The van der Waals surface area contributed by atoms with Gasteiger partial charge in [0.15, 0.2) is 5.54 Å². The molecule has 0 aromatic rings. The zero-order valence-electron chi connectivity index (χ0n) is 14.2. The van der Waals surface area contributed by atoms with Gasteiger partial charge in [-0.1, -0.05) is 0 Å². The quantitative estimate of drug-likeness (QED) is 0.665. The maximum Gasteiger partial charge on any atom is 0.427 e. The zero-order valence-corrected chi connectivity index (χ0v) is 15.0. The average molecular weight is 349 g/mol. The molecule has 1 saturated heterocycles. The van der Waals surface area contributed by atoms with Crippen molar-refractivity contribution in [2.24, 2.45) is 0 Å². The SMILES string of the molecule is CC(C)(C)OC(=O)N1C2(C(=O)OC(C)(C)C)CCC2OS1(=O)=O. The van der Waals surface area contributed by atoms with E-state index in [2.05, 4.69) is 0 Å². The average Bonchev–Trinajstić information content (AvgIpc) is 2.41. The van der Waals surface area contributed by atoms with Crippen molar-refractivity contribution in [1.29, 1.82) is 0 Å². The van der Waals surface area contributed by atoms with Gasteiger partial charge in [-0.15, -0.1) is 0 Å². The molecular formula is C14H23NO7S. The standard InChI is InChI=1S/C14H23NO7S/c1-12(2,3)20-10(16)14-8-7-9(14)22-23(18,19)15(14)11(17)21-13(4,5)6/h9H,7-8H2,1-6H3. The van der Waals surface area contributed by atoms with Gasteiger partial charge in [-0.3, -0.25) is 0 Å². The van der Waals surface area contributed by atoms with Gasteiger partial charge >= 0.3 is 22.4 Å². The van der Waals surface area contributed by atoms with Crippen LogP contribution < -0.4 is 0 Å². The van der Waals surface area contributed by atoms with Crippen molar-refractivity contribution in [1.82, 2.24) is 4.31 Å². The Morgan fingerprint density at radius 1 is 1.09 bits per heavy atom. The number of ether oxygens (including phenoxy) is 2. The molecule has 8 nitrogen and oxygen atoms in total. The van der Waals surface area contributed by atoms with Crippen LogP contribution in [0.1, 0.15) is 54.4 Å². The minimum atomic E-state index is -4.40. The van der Waals surface area contributed by atoms with E-state index in [1.807, 2.05) is 0 Å². The number of hydrogen-bond donors (Lipinski definition) is 0. The van der Waals surface area contributed by atoms with E-state index in [0.717, 1.165) is 0 Å².